The van der Waals surface area contributed by atoms with E-state index in [1.165, 1.54) is 34.9 Å². The molecule has 180 valence electrons. The van der Waals surface area contributed by atoms with Gasteiger partial charge < -0.3 is 14.6 Å². The monoisotopic (exact) mass is 502 g/mol. The van der Waals surface area contributed by atoms with Crippen LogP contribution in [-0.4, -0.2) is 30.7 Å². The molecular formula is C25H27ClN2O5S. The molecule has 3 aromatic rings. The van der Waals surface area contributed by atoms with E-state index in [2.05, 4.69) is 5.32 Å². The number of benzene rings is 2. The van der Waals surface area contributed by atoms with E-state index in [-0.39, 0.29) is 41.2 Å². The Balaban J connectivity index is 1.93. The molecule has 0 saturated heterocycles. The zero-order valence-corrected chi connectivity index (χ0v) is 20.8. The molecule has 0 spiro atoms. The van der Waals surface area contributed by atoms with Crippen molar-refractivity contribution in [2.75, 3.05) is 5.75 Å². The number of ether oxygens (including phenoxy) is 1. The molecule has 2 aromatic carbocycles. The lowest BCUT2D eigenvalue weighted by molar-refractivity contribution is 0.0927. The largest absolute Gasteiger partial charge is 0.483 e. The minimum absolute atomic E-state index is 0.0393. The second-order valence-electron chi connectivity index (χ2n) is 8.16. The van der Waals surface area contributed by atoms with Crippen molar-refractivity contribution in [2.45, 2.75) is 37.8 Å². The number of aromatic nitrogens is 1. The van der Waals surface area contributed by atoms with Crippen LogP contribution in [0.15, 0.2) is 70.4 Å². The maximum absolute atomic E-state index is 13.0. The van der Waals surface area contributed by atoms with Crippen molar-refractivity contribution in [3.8, 4) is 5.75 Å². The summed E-state index contributed by atoms with van der Waals surface area (Å²) in [6, 6.07) is 16.4. The fourth-order valence-electron chi connectivity index (χ4n) is 3.42. The molecule has 0 saturated carbocycles. The summed E-state index contributed by atoms with van der Waals surface area (Å²) in [4.78, 5) is 26.1. The highest BCUT2D eigenvalue weighted by atomic mass is 35.5. The van der Waals surface area contributed by atoms with E-state index in [1.807, 2.05) is 44.2 Å². The van der Waals surface area contributed by atoms with E-state index in [1.54, 1.807) is 7.05 Å². The van der Waals surface area contributed by atoms with Crippen LogP contribution in [0.4, 0.5) is 0 Å². The summed E-state index contributed by atoms with van der Waals surface area (Å²) in [5.74, 6) is -0.786. The van der Waals surface area contributed by atoms with Gasteiger partial charge in [-0.1, -0.05) is 41.9 Å². The second kappa shape index (κ2) is 10.9. The van der Waals surface area contributed by atoms with E-state index < -0.39 is 21.2 Å². The molecule has 0 radical (unpaired) electrons. The molecular weight excluding hydrogens is 476 g/mol. The van der Waals surface area contributed by atoms with Crippen molar-refractivity contribution in [2.24, 2.45) is 7.05 Å². The Hall–Kier alpha value is -3.10. The van der Waals surface area contributed by atoms with Gasteiger partial charge in [0, 0.05) is 36.3 Å². The third-order valence-corrected chi connectivity index (χ3v) is 7.15. The molecule has 0 atom stereocenters. The highest BCUT2D eigenvalue weighted by molar-refractivity contribution is 7.91. The second-order valence-corrected chi connectivity index (χ2v) is 10.7. The van der Waals surface area contributed by atoms with E-state index in [4.69, 9.17) is 16.3 Å². The molecule has 3 rings (SSSR count). The van der Waals surface area contributed by atoms with Crippen LogP contribution in [0, 0.1) is 0 Å². The number of hydrogen-bond donors (Lipinski definition) is 1. The number of sulfone groups is 1. The number of carbonyl (C=O) groups is 1. The number of halogens is 1. The number of nitrogens with zero attached hydrogens (tertiary/aromatic N) is 1. The zero-order chi connectivity index (χ0) is 24.9. The van der Waals surface area contributed by atoms with Gasteiger partial charge in [0.05, 0.1) is 10.6 Å². The molecule has 9 heteroatoms. The van der Waals surface area contributed by atoms with Crippen molar-refractivity contribution in [3.63, 3.8) is 0 Å². The van der Waals surface area contributed by atoms with Crippen molar-refractivity contribution in [1.29, 1.82) is 0 Å². The van der Waals surface area contributed by atoms with E-state index in [0.29, 0.717) is 10.7 Å². The molecule has 1 amide bonds. The van der Waals surface area contributed by atoms with Crippen LogP contribution in [0.25, 0.3) is 0 Å². The molecule has 7 nitrogen and oxygen atoms in total. The minimum Gasteiger partial charge on any atom is -0.483 e. The molecule has 0 aliphatic rings. The number of pyridine rings is 1. The van der Waals surface area contributed by atoms with Gasteiger partial charge in [-0.05, 0) is 43.7 Å². The maximum atomic E-state index is 13.0. The van der Waals surface area contributed by atoms with Gasteiger partial charge in [0.2, 0.25) is 5.43 Å². The number of carbonyl (C=O) groups excluding carboxylic acids is 1. The molecule has 1 aromatic heterocycles. The molecule has 0 unspecified atom stereocenters. The van der Waals surface area contributed by atoms with Crippen LogP contribution in [-0.2, 0) is 29.9 Å². The third-order valence-electron chi connectivity index (χ3n) is 5.16. The van der Waals surface area contributed by atoms with Crippen LogP contribution < -0.4 is 15.5 Å². The number of amides is 1. The van der Waals surface area contributed by atoms with Crippen molar-refractivity contribution < 1.29 is 17.9 Å². The summed E-state index contributed by atoms with van der Waals surface area (Å²) in [5, 5.41) is 3.23. The van der Waals surface area contributed by atoms with Crippen LogP contribution in [0.3, 0.4) is 0 Å². The van der Waals surface area contributed by atoms with Crippen LogP contribution in [0.5, 0.6) is 5.75 Å². The average Bonchev–Trinajstić information content (AvgIpc) is 2.78. The number of rotatable bonds is 9. The Bertz CT molecular complexity index is 1320. The highest BCUT2D eigenvalue weighted by Crippen LogP contribution is 2.20. The van der Waals surface area contributed by atoms with Gasteiger partial charge in [0.1, 0.15) is 6.61 Å². The quantitative estimate of drug-likeness (QED) is 0.480. The van der Waals surface area contributed by atoms with Crippen molar-refractivity contribution >= 4 is 27.3 Å². The first-order chi connectivity index (χ1) is 16.1. The smallest absolute Gasteiger partial charge is 0.272 e. The van der Waals surface area contributed by atoms with Crippen LogP contribution >= 0.6 is 11.6 Å². The molecule has 34 heavy (non-hydrogen) atoms. The molecule has 1 heterocycles. The molecule has 0 aliphatic carbocycles. The van der Waals surface area contributed by atoms with Crippen LogP contribution in [0.1, 0.15) is 35.6 Å². The Morgan fingerprint density at radius 1 is 1.09 bits per heavy atom. The Morgan fingerprint density at radius 2 is 1.74 bits per heavy atom. The highest BCUT2D eigenvalue weighted by Gasteiger charge is 2.23. The van der Waals surface area contributed by atoms with Gasteiger partial charge in [0.15, 0.2) is 21.3 Å². The standard InChI is InChI=1S/C25H27ClN2O5S/c1-17(2)27-25(30)23-24(33-16-18-7-5-4-6-8-18)22(29)15-20(28(23)3)13-14-34(31,32)21-11-9-19(26)10-12-21/h4-12,15,17H,13-14,16H2,1-3H3,(H,27,30). The maximum Gasteiger partial charge on any atom is 0.272 e. The molecule has 0 aliphatic heterocycles. The molecule has 1 N–H and O–H groups in total. The van der Waals surface area contributed by atoms with Crippen LogP contribution in [0.2, 0.25) is 5.02 Å². The SMILES string of the molecule is CC(C)NC(=O)c1c(OCc2ccccc2)c(=O)cc(CCS(=O)(=O)c2ccc(Cl)cc2)n1C. The molecule has 0 fully saturated rings. The van der Waals surface area contributed by atoms with Gasteiger partial charge >= 0.3 is 0 Å². The predicted molar refractivity (Wildman–Crippen MR) is 132 cm³/mol. The number of hydrogen-bond acceptors (Lipinski definition) is 5. The first kappa shape index (κ1) is 25.5. The summed E-state index contributed by atoms with van der Waals surface area (Å²) < 4.78 is 32.9. The van der Waals surface area contributed by atoms with Crippen molar-refractivity contribution in [3.05, 3.63) is 92.9 Å². The third kappa shape index (κ3) is 6.27. The summed E-state index contributed by atoms with van der Waals surface area (Å²) in [6.45, 7) is 3.73. The fraction of sp³-hybridized carbons (Fsp3) is 0.280. The Labute approximate surface area is 204 Å². The Morgan fingerprint density at radius 3 is 2.35 bits per heavy atom. The normalized spacial score (nSPS) is 11.4. The van der Waals surface area contributed by atoms with E-state index in [9.17, 15) is 18.0 Å². The predicted octanol–water partition coefficient (Wildman–Crippen LogP) is 3.77. The van der Waals surface area contributed by atoms with Gasteiger partial charge in [-0.3, -0.25) is 9.59 Å². The lowest BCUT2D eigenvalue weighted by atomic mass is 10.2. The minimum atomic E-state index is -3.62. The van der Waals surface area contributed by atoms with Crippen molar-refractivity contribution in [1.82, 2.24) is 9.88 Å². The number of aryl methyl sites for hydroxylation is 1. The fourth-order valence-corrected chi connectivity index (χ4v) is 4.81. The first-order valence-corrected chi connectivity index (χ1v) is 12.8. The number of nitrogens with one attached hydrogen (secondary N) is 1. The van der Waals surface area contributed by atoms with Gasteiger partial charge in [-0.25, -0.2) is 8.42 Å². The first-order valence-electron chi connectivity index (χ1n) is 10.8. The molecule has 0 bridgehead atoms. The summed E-state index contributed by atoms with van der Waals surface area (Å²) >= 11 is 5.85. The summed E-state index contributed by atoms with van der Waals surface area (Å²) in [6.07, 6.45) is 0.0393. The summed E-state index contributed by atoms with van der Waals surface area (Å²) in [5.41, 5.74) is 0.819. The Kier molecular flexibility index (Phi) is 8.17. The lowest BCUT2D eigenvalue weighted by Gasteiger charge is -2.19. The lowest BCUT2D eigenvalue weighted by Crippen LogP contribution is -2.34. The van der Waals surface area contributed by atoms with E-state index >= 15 is 0 Å². The average molecular weight is 503 g/mol. The topological polar surface area (TPSA) is 94.5 Å². The van der Waals surface area contributed by atoms with Gasteiger partial charge in [-0.2, -0.15) is 0 Å². The van der Waals surface area contributed by atoms with Gasteiger partial charge in [-0.15, -0.1) is 0 Å². The van der Waals surface area contributed by atoms with Gasteiger partial charge in [0.25, 0.3) is 5.91 Å². The summed E-state index contributed by atoms with van der Waals surface area (Å²) in [7, 11) is -2.00. The van der Waals surface area contributed by atoms with E-state index in [0.717, 1.165) is 5.56 Å². The zero-order valence-electron chi connectivity index (χ0n) is 19.2.